The third-order valence-corrected chi connectivity index (χ3v) is 1.94. The zero-order valence-electron chi connectivity index (χ0n) is 8.23. The number of hydrogen-bond acceptors (Lipinski definition) is 3. The van der Waals surface area contributed by atoms with E-state index in [1.165, 1.54) is 24.3 Å². The van der Waals surface area contributed by atoms with Crippen LogP contribution in [-0.4, -0.2) is 35.3 Å². The van der Waals surface area contributed by atoms with Gasteiger partial charge >= 0.3 is 5.97 Å². The summed E-state index contributed by atoms with van der Waals surface area (Å²) in [6.45, 7) is -0.288. The smallest absolute Gasteiger partial charge is 0.335 e. The largest absolute Gasteiger partial charge is 0.478 e. The Bertz CT molecular complexity index is 354. The number of benzene rings is 1. The Morgan fingerprint density at radius 3 is 2.31 bits per heavy atom. The summed E-state index contributed by atoms with van der Waals surface area (Å²) in [6.07, 6.45) is -4.54. The van der Waals surface area contributed by atoms with Crippen molar-refractivity contribution in [1.82, 2.24) is 0 Å². The summed E-state index contributed by atoms with van der Waals surface area (Å²) in [5.41, 5.74) is 0.588. The Hall–Kier alpha value is -1.69. The number of anilines is 1. The molecule has 1 aromatic rings. The van der Waals surface area contributed by atoms with Crippen LogP contribution < -0.4 is 5.32 Å². The van der Waals surface area contributed by atoms with Crippen LogP contribution in [0.4, 0.5) is 14.5 Å². The second-order valence-electron chi connectivity index (χ2n) is 3.17. The SMILES string of the molecule is O=C(O)c1ccc(NCC(O)C(F)F)cc1. The Labute approximate surface area is 90.5 Å². The first kappa shape index (κ1) is 12.4. The van der Waals surface area contributed by atoms with E-state index in [1.807, 2.05) is 0 Å². The summed E-state index contributed by atoms with van der Waals surface area (Å²) in [7, 11) is 0. The number of hydrogen-bond donors (Lipinski definition) is 3. The second-order valence-corrected chi connectivity index (χ2v) is 3.17. The lowest BCUT2D eigenvalue weighted by molar-refractivity contribution is 0.00384. The fourth-order valence-electron chi connectivity index (χ4n) is 1.04. The number of aliphatic hydroxyl groups is 1. The van der Waals surface area contributed by atoms with Gasteiger partial charge in [-0.15, -0.1) is 0 Å². The quantitative estimate of drug-likeness (QED) is 0.716. The molecule has 88 valence electrons. The molecule has 16 heavy (non-hydrogen) atoms. The van der Waals surface area contributed by atoms with E-state index in [-0.39, 0.29) is 12.1 Å². The third kappa shape index (κ3) is 3.47. The van der Waals surface area contributed by atoms with Crippen LogP contribution >= 0.6 is 0 Å². The zero-order chi connectivity index (χ0) is 12.1. The number of carbonyl (C=O) groups is 1. The van der Waals surface area contributed by atoms with Gasteiger partial charge in [-0.25, -0.2) is 13.6 Å². The Morgan fingerprint density at radius 1 is 1.31 bits per heavy atom. The van der Waals surface area contributed by atoms with E-state index >= 15 is 0 Å². The minimum atomic E-state index is -2.80. The molecule has 0 heterocycles. The van der Waals surface area contributed by atoms with E-state index in [2.05, 4.69) is 5.32 Å². The molecule has 3 N–H and O–H groups in total. The molecule has 0 aliphatic heterocycles. The molecule has 4 nitrogen and oxygen atoms in total. The number of aromatic carboxylic acids is 1. The number of carboxylic acids is 1. The zero-order valence-corrected chi connectivity index (χ0v) is 8.23. The number of rotatable bonds is 5. The van der Waals surface area contributed by atoms with Gasteiger partial charge in [0.1, 0.15) is 6.10 Å². The van der Waals surface area contributed by atoms with Gasteiger partial charge < -0.3 is 15.5 Å². The first-order valence-electron chi connectivity index (χ1n) is 4.54. The molecule has 0 bridgehead atoms. The summed E-state index contributed by atoms with van der Waals surface area (Å²) in [4.78, 5) is 10.5. The predicted molar refractivity (Wildman–Crippen MR) is 53.9 cm³/mol. The van der Waals surface area contributed by atoms with Crippen LogP contribution in [0.15, 0.2) is 24.3 Å². The molecule has 0 radical (unpaired) electrons. The highest BCUT2D eigenvalue weighted by atomic mass is 19.3. The summed E-state index contributed by atoms with van der Waals surface area (Å²) < 4.78 is 23.9. The molecule has 1 atom stereocenters. The fraction of sp³-hybridized carbons (Fsp3) is 0.300. The monoisotopic (exact) mass is 231 g/mol. The maximum absolute atomic E-state index is 11.9. The van der Waals surface area contributed by atoms with Crippen molar-refractivity contribution in [3.8, 4) is 0 Å². The number of nitrogens with one attached hydrogen (secondary N) is 1. The summed E-state index contributed by atoms with van der Waals surface area (Å²) in [5.74, 6) is -1.06. The summed E-state index contributed by atoms with van der Waals surface area (Å²) >= 11 is 0. The van der Waals surface area contributed by atoms with Crippen LogP contribution in [0.5, 0.6) is 0 Å². The first-order valence-corrected chi connectivity index (χ1v) is 4.54. The topological polar surface area (TPSA) is 69.6 Å². The average molecular weight is 231 g/mol. The fourth-order valence-corrected chi connectivity index (χ4v) is 1.04. The van der Waals surface area contributed by atoms with Crippen molar-refractivity contribution in [1.29, 1.82) is 0 Å². The molecular weight excluding hydrogens is 220 g/mol. The molecule has 0 aromatic heterocycles. The lowest BCUT2D eigenvalue weighted by atomic mass is 10.2. The minimum absolute atomic E-state index is 0.111. The first-order chi connectivity index (χ1) is 7.50. The molecule has 1 aromatic carbocycles. The van der Waals surface area contributed by atoms with Crippen molar-refractivity contribution < 1.29 is 23.8 Å². The van der Waals surface area contributed by atoms with Crippen molar-refractivity contribution in [2.75, 3.05) is 11.9 Å². The van der Waals surface area contributed by atoms with E-state index in [0.29, 0.717) is 5.69 Å². The van der Waals surface area contributed by atoms with E-state index in [4.69, 9.17) is 10.2 Å². The second kappa shape index (κ2) is 5.41. The van der Waals surface area contributed by atoms with Gasteiger partial charge in [0, 0.05) is 12.2 Å². The Morgan fingerprint density at radius 2 is 1.88 bits per heavy atom. The van der Waals surface area contributed by atoms with Gasteiger partial charge in [-0.1, -0.05) is 0 Å². The minimum Gasteiger partial charge on any atom is -0.478 e. The maximum atomic E-state index is 11.9. The van der Waals surface area contributed by atoms with Gasteiger partial charge in [0.05, 0.1) is 5.56 Å². The van der Waals surface area contributed by atoms with Crippen molar-refractivity contribution in [2.24, 2.45) is 0 Å². The van der Waals surface area contributed by atoms with E-state index in [9.17, 15) is 13.6 Å². The number of halogens is 2. The van der Waals surface area contributed by atoms with Crippen LogP contribution in [-0.2, 0) is 0 Å². The number of alkyl halides is 2. The molecule has 0 aliphatic rings. The molecule has 1 rings (SSSR count). The van der Waals surface area contributed by atoms with E-state index in [1.54, 1.807) is 0 Å². The standard InChI is InChI=1S/C10H11F2NO3/c11-9(12)8(14)5-13-7-3-1-6(2-4-7)10(15)16/h1-4,8-9,13-14H,5H2,(H,15,16). The van der Waals surface area contributed by atoms with Crippen LogP contribution in [0.1, 0.15) is 10.4 Å². The molecule has 0 amide bonds. The highest BCUT2D eigenvalue weighted by Crippen LogP contribution is 2.10. The normalized spacial score (nSPS) is 12.5. The number of carboxylic acid groups (broad SMARTS) is 1. The van der Waals surface area contributed by atoms with Gasteiger partial charge in [-0.3, -0.25) is 0 Å². The van der Waals surface area contributed by atoms with Crippen molar-refractivity contribution in [3.05, 3.63) is 29.8 Å². The van der Waals surface area contributed by atoms with Crippen LogP contribution in [0.25, 0.3) is 0 Å². The Kier molecular flexibility index (Phi) is 4.19. The lowest BCUT2D eigenvalue weighted by Crippen LogP contribution is -2.26. The van der Waals surface area contributed by atoms with Gasteiger partial charge in [-0.05, 0) is 24.3 Å². The van der Waals surface area contributed by atoms with Gasteiger partial charge in [0.2, 0.25) is 0 Å². The molecule has 0 spiro atoms. The summed E-state index contributed by atoms with van der Waals surface area (Å²) in [5, 5.41) is 20.0. The number of aliphatic hydroxyl groups excluding tert-OH is 1. The molecule has 0 fully saturated rings. The highest BCUT2D eigenvalue weighted by molar-refractivity contribution is 5.87. The van der Waals surface area contributed by atoms with Crippen molar-refractivity contribution in [2.45, 2.75) is 12.5 Å². The third-order valence-electron chi connectivity index (χ3n) is 1.94. The van der Waals surface area contributed by atoms with Gasteiger partial charge in [0.25, 0.3) is 6.43 Å². The molecule has 1 unspecified atom stereocenters. The average Bonchev–Trinajstić information content (AvgIpc) is 2.26. The van der Waals surface area contributed by atoms with E-state index < -0.39 is 18.5 Å². The maximum Gasteiger partial charge on any atom is 0.335 e. The molecule has 6 heteroatoms. The van der Waals surface area contributed by atoms with E-state index in [0.717, 1.165) is 0 Å². The molecular formula is C10H11F2NO3. The van der Waals surface area contributed by atoms with Crippen molar-refractivity contribution >= 4 is 11.7 Å². The van der Waals surface area contributed by atoms with Crippen LogP contribution in [0, 0.1) is 0 Å². The highest BCUT2D eigenvalue weighted by Gasteiger charge is 2.15. The predicted octanol–water partition coefficient (Wildman–Crippen LogP) is 1.42. The van der Waals surface area contributed by atoms with Gasteiger partial charge in [-0.2, -0.15) is 0 Å². The lowest BCUT2D eigenvalue weighted by Gasteiger charge is -2.11. The van der Waals surface area contributed by atoms with Gasteiger partial charge in [0.15, 0.2) is 0 Å². The van der Waals surface area contributed by atoms with Crippen molar-refractivity contribution in [3.63, 3.8) is 0 Å². The molecule has 0 aliphatic carbocycles. The summed E-state index contributed by atoms with van der Waals surface area (Å²) in [6, 6.07) is 5.59. The van der Waals surface area contributed by atoms with Crippen LogP contribution in [0.2, 0.25) is 0 Å². The van der Waals surface area contributed by atoms with Crippen LogP contribution in [0.3, 0.4) is 0 Å². The molecule has 0 saturated heterocycles. The Balaban J connectivity index is 2.53. The molecule has 0 saturated carbocycles.